The number of carbonyl (C=O) groups is 1. The fourth-order valence-corrected chi connectivity index (χ4v) is 3.80. The summed E-state index contributed by atoms with van der Waals surface area (Å²) in [5.41, 5.74) is 4.19. The van der Waals surface area contributed by atoms with Crippen molar-refractivity contribution >= 4 is 41.1 Å². The second kappa shape index (κ2) is 10.6. The number of carbonyl (C=O) groups excluding carboxylic acids is 1. The van der Waals surface area contributed by atoms with Crippen molar-refractivity contribution in [2.45, 2.75) is 0 Å². The summed E-state index contributed by atoms with van der Waals surface area (Å²) in [6, 6.07) is 31.0. The molecule has 0 atom stereocenters. The van der Waals surface area contributed by atoms with Gasteiger partial charge in [0.1, 0.15) is 17.1 Å². The van der Waals surface area contributed by atoms with E-state index < -0.39 is 5.97 Å². The number of halogens is 2. The molecular weight excluding hydrogens is 493 g/mol. The van der Waals surface area contributed by atoms with Crippen molar-refractivity contribution in [1.82, 2.24) is 9.78 Å². The first-order chi connectivity index (χ1) is 17.6. The van der Waals surface area contributed by atoms with Gasteiger partial charge < -0.3 is 4.74 Å². The second-order valence-corrected chi connectivity index (χ2v) is 8.72. The lowest BCUT2D eigenvalue weighted by molar-refractivity contribution is 0.0734. The monoisotopic (exact) mass is 511 g/mol. The minimum atomic E-state index is -0.480. The van der Waals surface area contributed by atoms with Crippen LogP contribution in [0, 0.1) is 0 Å². The van der Waals surface area contributed by atoms with Gasteiger partial charge in [0.25, 0.3) is 0 Å². The Morgan fingerprint density at radius 1 is 0.806 bits per heavy atom. The molecule has 0 aliphatic carbocycles. The molecule has 176 valence electrons. The quantitative estimate of drug-likeness (QED) is 0.132. The van der Waals surface area contributed by atoms with Gasteiger partial charge in [-0.1, -0.05) is 65.7 Å². The van der Waals surface area contributed by atoms with Crippen LogP contribution < -0.4 is 4.74 Å². The maximum atomic E-state index is 12.6. The molecule has 4 aromatic carbocycles. The van der Waals surface area contributed by atoms with Gasteiger partial charge in [0.2, 0.25) is 0 Å². The lowest BCUT2D eigenvalue weighted by atomic mass is 10.1. The van der Waals surface area contributed by atoms with Crippen LogP contribution in [0.4, 0.5) is 5.69 Å². The number of para-hydroxylation sites is 2. The maximum Gasteiger partial charge on any atom is 0.343 e. The van der Waals surface area contributed by atoms with Gasteiger partial charge in [-0.25, -0.2) is 9.48 Å². The number of ether oxygens (including phenoxy) is 1. The molecule has 0 N–H and O–H groups in total. The standard InChI is InChI=1S/C29H19Cl2N3O2/c30-23-14-10-20(11-15-23)28-26(19-34(33-28)25-7-2-1-3-8-25)32-18-22-6-4-5-9-27(22)36-29(35)21-12-16-24(31)17-13-21/h1-19H. The van der Waals surface area contributed by atoms with Crippen molar-refractivity contribution in [3.8, 4) is 22.7 Å². The Hall–Kier alpha value is -4.19. The predicted molar refractivity (Wildman–Crippen MR) is 144 cm³/mol. The van der Waals surface area contributed by atoms with Gasteiger partial charge in [0.05, 0.1) is 17.4 Å². The van der Waals surface area contributed by atoms with E-state index in [1.807, 2.05) is 72.9 Å². The minimum Gasteiger partial charge on any atom is -0.422 e. The number of aromatic nitrogens is 2. The van der Waals surface area contributed by atoms with Crippen LogP contribution >= 0.6 is 23.2 Å². The van der Waals surface area contributed by atoms with Crippen molar-refractivity contribution in [2.24, 2.45) is 4.99 Å². The molecule has 0 aliphatic heterocycles. The van der Waals surface area contributed by atoms with Crippen LogP contribution in [-0.4, -0.2) is 22.0 Å². The van der Waals surface area contributed by atoms with Crippen LogP contribution in [0.3, 0.4) is 0 Å². The summed E-state index contributed by atoms with van der Waals surface area (Å²) >= 11 is 12.0. The van der Waals surface area contributed by atoms with Gasteiger partial charge in [0.15, 0.2) is 0 Å². The molecule has 0 fully saturated rings. The van der Waals surface area contributed by atoms with E-state index in [-0.39, 0.29) is 0 Å². The second-order valence-electron chi connectivity index (χ2n) is 7.84. The maximum absolute atomic E-state index is 12.6. The van der Waals surface area contributed by atoms with Crippen LogP contribution in [-0.2, 0) is 0 Å². The van der Waals surface area contributed by atoms with Crippen molar-refractivity contribution in [3.63, 3.8) is 0 Å². The van der Waals surface area contributed by atoms with E-state index in [2.05, 4.69) is 0 Å². The van der Waals surface area contributed by atoms with Crippen molar-refractivity contribution in [1.29, 1.82) is 0 Å². The minimum absolute atomic E-state index is 0.393. The Balaban J connectivity index is 1.48. The topological polar surface area (TPSA) is 56.5 Å². The molecule has 1 aromatic heterocycles. The van der Waals surface area contributed by atoms with Crippen LogP contribution in [0.25, 0.3) is 16.9 Å². The Kier molecular flexibility index (Phi) is 6.94. The molecule has 0 saturated heterocycles. The normalized spacial score (nSPS) is 11.1. The summed E-state index contributed by atoms with van der Waals surface area (Å²) in [5.74, 6) is -0.0871. The van der Waals surface area contributed by atoms with E-state index in [0.717, 1.165) is 11.3 Å². The molecule has 5 aromatic rings. The van der Waals surface area contributed by atoms with Crippen molar-refractivity contribution in [3.05, 3.63) is 130 Å². The highest BCUT2D eigenvalue weighted by Gasteiger charge is 2.14. The highest BCUT2D eigenvalue weighted by molar-refractivity contribution is 6.31. The molecular formula is C29H19Cl2N3O2. The molecule has 0 amide bonds. The van der Waals surface area contributed by atoms with Crippen molar-refractivity contribution in [2.75, 3.05) is 0 Å². The third-order valence-electron chi connectivity index (χ3n) is 5.38. The summed E-state index contributed by atoms with van der Waals surface area (Å²) in [7, 11) is 0. The summed E-state index contributed by atoms with van der Waals surface area (Å²) in [6.07, 6.45) is 3.52. The zero-order chi connectivity index (χ0) is 24.9. The average Bonchev–Trinajstić information content (AvgIpc) is 3.34. The lowest BCUT2D eigenvalue weighted by Gasteiger charge is -2.07. The molecule has 5 rings (SSSR count). The van der Waals surface area contributed by atoms with Gasteiger partial charge in [0, 0.05) is 27.4 Å². The number of hydrogen-bond donors (Lipinski definition) is 0. The Morgan fingerprint density at radius 3 is 2.17 bits per heavy atom. The molecule has 0 saturated carbocycles. The molecule has 1 heterocycles. The van der Waals surface area contributed by atoms with E-state index in [4.69, 9.17) is 38.0 Å². The summed E-state index contributed by atoms with van der Waals surface area (Å²) in [5, 5.41) is 5.96. The van der Waals surface area contributed by atoms with Crippen LogP contribution in [0.2, 0.25) is 10.0 Å². The first kappa shape index (κ1) is 23.5. The molecule has 5 nitrogen and oxygen atoms in total. The third-order valence-corrected chi connectivity index (χ3v) is 5.88. The van der Waals surface area contributed by atoms with E-state index in [9.17, 15) is 4.79 Å². The Labute approximate surface area is 218 Å². The third kappa shape index (κ3) is 5.38. The number of hydrogen-bond acceptors (Lipinski definition) is 4. The zero-order valence-corrected chi connectivity index (χ0v) is 20.4. The molecule has 0 bridgehead atoms. The van der Waals surface area contributed by atoms with Gasteiger partial charge in [-0.05, 0) is 60.7 Å². The molecule has 0 radical (unpaired) electrons. The lowest BCUT2D eigenvalue weighted by Crippen LogP contribution is -2.09. The number of aliphatic imine (C=N–C) groups is 1. The van der Waals surface area contributed by atoms with Crippen LogP contribution in [0.15, 0.2) is 114 Å². The average molecular weight is 512 g/mol. The molecule has 0 unspecified atom stereocenters. The van der Waals surface area contributed by atoms with E-state index in [1.165, 1.54) is 0 Å². The number of esters is 1. The zero-order valence-electron chi connectivity index (χ0n) is 18.9. The molecule has 0 aliphatic rings. The van der Waals surface area contributed by atoms with E-state index >= 15 is 0 Å². The largest absolute Gasteiger partial charge is 0.422 e. The highest BCUT2D eigenvalue weighted by atomic mass is 35.5. The Bertz CT molecular complexity index is 1530. The van der Waals surface area contributed by atoms with Gasteiger partial charge in [-0.15, -0.1) is 0 Å². The molecule has 36 heavy (non-hydrogen) atoms. The number of rotatable bonds is 6. The van der Waals surface area contributed by atoms with Crippen molar-refractivity contribution < 1.29 is 9.53 Å². The SMILES string of the molecule is O=C(Oc1ccccc1C=Nc1cn(-c2ccccc2)nc1-c1ccc(Cl)cc1)c1ccc(Cl)cc1. The van der Waals surface area contributed by atoms with Crippen LogP contribution in [0.5, 0.6) is 5.75 Å². The number of nitrogens with zero attached hydrogens (tertiary/aromatic N) is 3. The first-order valence-corrected chi connectivity index (χ1v) is 11.8. The highest BCUT2D eigenvalue weighted by Crippen LogP contribution is 2.31. The van der Waals surface area contributed by atoms with Gasteiger partial charge in [-0.2, -0.15) is 5.10 Å². The summed E-state index contributed by atoms with van der Waals surface area (Å²) in [4.78, 5) is 17.4. The fourth-order valence-electron chi connectivity index (χ4n) is 3.55. The number of benzene rings is 4. The van der Waals surface area contributed by atoms with Crippen LogP contribution in [0.1, 0.15) is 15.9 Å². The van der Waals surface area contributed by atoms with E-state index in [1.54, 1.807) is 47.3 Å². The molecule has 0 spiro atoms. The van der Waals surface area contributed by atoms with Gasteiger partial charge in [-0.3, -0.25) is 4.99 Å². The fraction of sp³-hybridized carbons (Fsp3) is 0. The smallest absolute Gasteiger partial charge is 0.343 e. The molecule has 7 heteroatoms. The summed E-state index contributed by atoms with van der Waals surface area (Å²) in [6.45, 7) is 0. The first-order valence-electron chi connectivity index (χ1n) is 11.1. The predicted octanol–water partition coefficient (Wildman–Crippen LogP) is 7.82. The van der Waals surface area contributed by atoms with E-state index in [0.29, 0.717) is 38.3 Å². The Morgan fingerprint density at radius 2 is 1.44 bits per heavy atom. The van der Waals surface area contributed by atoms with Gasteiger partial charge >= 0.3 is 5.97 Å². The summed E-state index contributed by atoms with van der Waals surface area (Å²) < 4.78 is 7.43.